The number of carbonyl (C=O) groups excluding carboxylic acids is 2. The van der Waals surface area contributed by atoms with Crippen molar-refractivity contribution in [3.63, 3.8) is 0 Å². The Labute approximate surface area is 170 Å². The summed E-state index contributed by atoms with van der Waals surface area (Å²) in [5, 5.41) is 2.81. The van der Waals surface area contributed by atoms with E-state index in [1.807, 2.05) is 0 Å². The van der Waals surface area contributed by atoms with Gasteiger partial charge in [-0.1, -0.05) is 12.8 Å². The molecule has 3 rings (SSSR count). The lowest BCUT2D eigenvalue weighted by Gasteiger charge is -2.20. The van der Waals surface area contributed by atoms with Crippen LogP contribution < -0.4 is 15.8 Å². The molecule has 2 aromatic rings. The molecule has 0 spiro atoms. The molecule has 29 heavy (non-hydrogen) atoms. The largest absolute Gasteiger partial charge is 0.366 e. The maximum atomic E-state index is 12.5. The van der Waals surface area contributed by atoms with Gasteiger partial charge in [-0.25, -0.2) is 13.2 Å². The SMILES string of the molecule is NC(=O)c1ccc(NS(=O)(=O)c2ccc(NC(=O)N3CCCCCC3)cc2)cc1. The van der Waals surface area contributed by atoms with Gasteiger partial charge < -0.3 is 16.0 Å². The highest BCUT2D eigenvalue weighted by molar-refractivity contribution is 7.92. The van der Waals surface area contributed by atoms with Gasteiger partial charge in [0.2, 0.25) is 5.91 Å². The van der Waals surface area contributed by atoms with Crippen molar-refractivity contribution in [3.8, 4) is 0 Å². The van der Waals surface area contributed by atoms with Crippen LogP contribution in [-0.4, -0.2) is 38.3 Å². The van der Waals surface area contributed by atoms with E-state index in [-0.39, 0.29) is 16.5 Å². The average molecular weight is 417 g/mol. The standard InChI is InChI=1S/C20H24N4O4S/c21-19(25)15-5-7-17(8-6-15)23-29(27,28)18-11-9-16(10-12-18)22-20(26)24-13-3-1-2-4-14-24/h5-12,23H,1-4,13-14H2,(H2,21,25)(H,22,26). The number of primary amides is 1. The van der Waals surface area contributed by atoms with Gasteiger partial charge in [0.15, 0.2) is 0 Å². The highest BCUT2D eigenvalue weighted by Crippen LogP contribution is 2.19. The van der Waals surface area contributed by atoms with Gasteiger partial charge in [-0.3, -0.25) is 9.52 Å². The molecule has 0 saturated carbocycles. The van der Waals surface area contributed by atoms with Crippen molar-refractivity contribution in [2.75, 3.05) is 23.1 Å². The molecule has 9 heteroatoms. The number of urea groups is 1. The molecule has 2 aromatic carbocycles. The summed E-state index contributed by atoms with van der Waals surface area (Å²) in [5.74, 6) is -0.586. The van der Waals surface area contributed by atoms with Gasteiger partial charge >= 0.3 is 6.03 Å². The smallest absolute Gasteiger partial charge is 0.321 e. The monoisotopic (exact) mass is 416 g/mol. The Balaban J connectivity index is 1.65. The number of hydrogen-bond acceptors (Lipinski definition) is 4. The van der Waals surface area contributed by atoms with Crippen molar-refractivity contribution >= 4 is 33.3 Å². The van der Waals surface area contributed by atoms with E-state index in [9.17, 15) is 18.0 Å². The third kappa shape index (κ3) is 5.47. The summed E-state index contributed by atoms with van der Waals surface area (Å²) in [4.78, 5) is 25.3. The van der Waals surface area contributed by atoms with Gasteiger partial charge in [0.1, 0.15) is 0 Å². The zero-order valence-electron chi connectivity index (χ0n) is 15.9. The first-order chi connectivity index (χ1) is 13.8. The van der Waals surface area contributed by atoms with Crippen molar-refractivity contribution in [3.05, 3.63) is 54.1 Å². The maximum Gasteiger partial charge on any atom is 0.321 e. The van der Waals surface area contributed by atoms with E-state index in [0.717, 1.165) is 38.8 Å². The number of rotatable bonds is 5. The first-order valence-corrected chi connectivity index (χ1v) is 10.9. The molecule has 0 unspecified atom stereocenters. The topological polar surface area (TPSA) is 122 Å². The lowest BCUT2D eigenvalue weighted by molar-refractivity contribution is 0.1000. The quantitative estimate of drug-likeness (QED) is 0.693. The first-order valence-electron chi connectivity index (χ1n) is 9.44. The number of hydrogen-bond donors (Lipinski definition) is 3. The van der Waals surface area contributed by atoms with E-state index >= 15 is 0 Å². The average Bonchev–Trinajstić information content (AvgIpc) is 2.98. The number of carbonyl (C=O) groups is 2. The molecule has 1 saturated heterocycles. The predicted molar refractivity (Wildman–Crippen MR) is 111 cm³/mol. The minimum Gasteiger partial charge on any atom is -0.366 e. The van der Waals surface area contributed by atoms with Gasteiger partial charge in [-0.05, 0) is 61.4 Å². The van der Waals surface area contributed by atoms with Crippen LogP contribution in [0.25, 0.3) is 0 Å². The minimum absolute atomic E-state index is 0.0595. The van der Waals surface area contributed by atoms with Crippen molar-refractivity contribution in [1.82, 2.24) is 4.90 Å². The minimum atomic E-state index is -3.81. The third-order valence-electron chi connectivity index (χ3n) is 4.73. The summed E-state index contributed by atoms with van der Waals surface area (Å²) in [6, 6.07) is 11.6. The second-order valence-electron chi connectivity index (χ2n) is 6.90. The number of likely N-dealkylation sites (tertiary alicyclic amines) is 1. The Morgan fingerprint density at radius 3 is 1.93 bits per heavy atom. The molecule has 8 nitrogen and oxygen atoms in total. The van der Waals surface area contributed by atoms with Crippen molar-refractivity contribution < 1.29 is 18.0 Å². The molecule has 0 aromatic heterocycles. The Kier molecular flexibility index (Phi) is 6.38. The second-order valence-corrected chi connectivity index (χ2v) is 8.59. The van der Waals surface area contributed by atoms with Crippen molar-refractivity contribution in [1.29, 1.82) is 0 Å². The van der Waals surface area contributed by atoms with Crippen LogP contribution in [0.2, 0.25) is 0 Å². The van der Waals surface area contributed by atoms with E-state index in [1.165, 1.54) is 36.4 Å². The summed E-state index contributed by atoms with van der Waals surface area (Å²) in [6.45, 7) is 1.47. The van der Waals surface area contributed by atoms with Gasteiger partial charge in [0.25, 0.3) is 10.0 Å². The van der Waals surface area contributed by atoms with E-state index in [1.54, 1.807) is 17.0 Å². The Hall–Kier alpha value is -3.07. The van der Waals surface area contributed by atoms with Crippen LogP contribution in [0.4, 0.5) is 16.2 Å². The van der Waals surface area contributed by atoms with Crippen LogP contribution in [0.1, 0.15) is 36.0 Å². The number of anilines is 2. The number of nitrogens with one attached hydrogen (secondary N) is 2. The summed E-state index contributed by atoms with van der Waals surface area (Å²) in [5.41, 5.74) is 6.31. The summed E-state index contributed by atoms with van der Waals surface area (Å²) in [7, 11) is -3.81. The van der Waals surface area contributed by atoms with Crippen molar-refractivity contribution in [2.45, 2.75) is 30.6 Å². The molecule has 154 valence electrons. The van der Waals surface area contributed by atoms with Crippen LogP contribution in [0.5, 0.6) is 0 Å². The Morgan fingerprint density at radius 2 is 1.38 bits per heavy atom. The second kappa shape index (κ2) is 8.95. The fourth-order valence-electron chi connectivity index (χ4n) is 3.11. The highest BCUT2D eigenvalue weighted by Gasteiger charge is 2.17. The summed E-state index contributed by atoms with van der Waals surface area (Å²) >= 11 is 0. The highest BCUT2D eigenvalue weighted by atomic mass is 32.2. The van der Waals surface area contributed by atoms with E-state index in [0.29, 0.717) is 11.4 Å². The Morgan fingerprint density at radius 1 is 0.828 bits per heavy atom. The van der Waals surface area contributed by atoms with Crippen LogP contribution in [0.15, 0.2) is 53.4 Å². The zero-order chi connectivity index (χ0) is 20.9. The molecule has 3 amide bonds. The summed E-state index contributed by atoms with van der Waals surface area (Å²) in [6.07, 6.45) is 4.26. The lowest BCUT2D eigenvalue weighted by Crippen LogP contribution is -2.35. The number of amides is 3. The third-order valence-corrected chi connectivity index (χ3v) is 6.13. The molecule has 0 bridgehead atoms. The lowest BCUT2D eigenvalue weighted by atomic mass is 10.2. The van der Waals surface area contributed by atoms with Crippen molar-refractivity contribution in [2.24, 2.45) is 5.73 Å². The molecule has 1 fully saturated rings. The number of nitrogens with zero attached hydrogens (tertiary/aromatic N) is 1. The number of benzene rings is 2. The molecular weight excluding hydrogens is 392 g/mol. The van der Waals surface area contributed by atoms with Gasteiger partial charge in [-0.2, -0.15) is 0 Å². The van der Waals surface area contributed by atoms with Crippen LogP contribution in [-0.2, 0) is 10.0 Å². The molecular formula is C20H24N4O4S. The maximum absolute atomic E-state index is 12.5. The molecule has 0 aliphatic carbocycles. The number of nitrogens with two attached hydrogens (primary N) is 1. The Bertz CT molecular complexity index is 965. The molecule has 0 atom stereocenters. The molecule has 1 aliphatic rings. The predicted octanol–water partition coefficient (Wildman–Crippen LogP) is 2.99. The fraction of sp³-hybridized carbons (Fsp3) is 0.300. The number of sulfonamides is 1. The molecule has 0 radical (unpaired) electrons. The molecule has 1 heterocycles. The van der Waals surface area contributed by atoms with Gasteiger partial charge in [0.05, 0.1) is 4.90 Å². The van der Waals surface area contributed by atoms with Gasteiger partial charge in [-0.15, -0.1) is 0 Å². The molecule has 4 N–H and O–H groups in total. The van der Waals surface area contributed by atoms with E-state index in [2.05, 4.69) is 10.0 Å². The normalized spacial score (nSPS) is 14.7. The van der Waals surface area contributed by atoms with Crippen LogP contribution >= 0.6 is 0 Å². The summed E-state index contributed by atoms with van der Waals surface area (Å²) < 4.78 is 27.5. The van der Waals surface area contributed by atoms with Gasteiger partial charge in [0, 0.05) is 30.0 Å². The van der Waals surface area contributed by atoms with Crippen LogP contribution in [0, 0.1) is 0 Å². The zero-order valence-corrected chi connectivity index (χ0v) is 16.7. The molecule has 1 aliphatic heterocycles. The van der Waals surface area contributed by atoms with E-state index < -0.39 is 15.9 Å². The first kappa shape index (κ1) is 20.7. The fourth-order valence-corrected chi connectivity index (χ4v) is 4.17. The van der Waals surface area contributed by atoms with E-state index in [4.69, 9.17) is 5.73 Å². The van der Waals surface area contributed by atoms with Crippen LogP contribution in [0.3, 0.4) is 0 Å².